The van der Waals surface area contributed by atoms with Crippen molar-refractivity contribution in [2.75, 3.05) is 18.8 Å². The number of aryl methyl sites for hydroxylation is 3. The molecule has 14 heteroatoms. The van der Waals surface area contributed by atoms with Crippen LogP contribution in [0.25, 0.3) is 21.8 Å². The number of para-hydroxylation sites is 2. The number of pyridine rings is 1. The Morgan fingerprint density at radius 2 is 1.58 bits per heavy atom. The van der Waals surface area contributed by atoms with Gasteiger partial charge in [0, 0.05) is 55.7 Å². The molecule has 1 aromatic heterocycles. The van der Waals surface area contributed by atoms with Gasteiger partial charge in [0.25, 0.3) is 15.9 Å². The first kappa shape index (κ1) is 47.2. The zero-order chi connectivity index (χ0) is 46.9. The molecule has 3 aliphatic rings. The number of sulfonamides is 1. The summed E-state index contributed by atoms with van der Waals surface area (Å²) in [7, 11) is -8.86. The van der Waals surface area contributed by atoms with E-state index in [1.54, 1.807) is 66.7 Å². The van der Waals surface area contributed by atoms with Crippen LogP contribution in [0.15, 0.2) is 95.9 Å². The smallest absolute Gasteiger partial charge is 0.269 e. The number of nitrogens with one attached hydrogen (secondary N) is 1. The van der Waals surface area contributed by atoms with Gasteiger partial charge in [-0.1, -0.05) is 60.9 Å². The molecule has 0 spiro atoms. The third kappa shape index (κ3) is 9.45. The van der Waals surface area contributed by atoms with Crippen molar-refractivity contribution < 1.29 is 45.8 Å². The number of carbonyl (C=O) groups is 2. The van der Waals surface area contributed by atoms with Crippen molar-refractivity contribution in [3.05, 3.63) is 113 Å². The van der Waals surface area contributed by atoms with Gasteiger partial charge in [-0.05, 0) is 130 Å². The molecule has 5 atom stereocenters. The van der Waals surface area contributed by atoms with E-state index in [2.05, 4.69) is 30.1 Å². The largest absolute Gasteiger partial charge is 0.748 e. The first-order chi connectivity index (χ1) is 31.5. The van der Waals surface area contributed by atoms with Gasteiger partial charge in [0.2, 0.25) is 16.9 Å². The van der Waals surface area contributed by atoms with Gasteiger partial charge in [-0.25, -0.2) is 21.1 Å². The normalized spacial score (nSPS) is 22.5. The SMILES string of the molecule is Cc1ccc(S(=O)(=O)N(CCCC(=O)NCCCCC#C[C@]2(O)CC[C@H]3[C@@H]4CCc5cc(O)ccc5[C@H]4CC[C@@]32C)C(=O)c2c3ccccc3[n+](CCCS(=O)(=O)[O-])c3ccccc23)cc1. The number of phenolic OH excluding ortho intramolecular Hbond substituents is 1. The van der Waals surface area contributed by atoms with Crippen LogP contribution in [0.5, 0.6) is 5.75 Å². The van der Waals surface area contributed by atoms with Gasteiger partial charge in [-0.15, -0.1) is 5.92 Å². The van der Waals surface area contributed by atoms with E-state index in [9.17, 15) is 41.2 Å². The second-order valence-corrected chi connectivity index (χ2v) is 22.1. The monoisotopic (exact) mass is 933 g/mol. The fourth-order valence-electron chi connectivity index (χ4n) is 11.3. The highest BCUT2D eigenvalue weighted by atomic mass is 32.2. The van der Waals surface area contributed by atoms with Crippen molar-refractivity contribution in [1.82, 2.24) is 9.62 Å². The topological polar surface area (TPSA) is 185 Å². The highest BCUT2D eigenvalue weighted by Crippen LogP contribution is 2.64. The molecule has 0 bridgehead atoms. The molecule has 2 amide bonds. The molecule has 8 rings (SSSR count). The minimum Gasteiger partial charge on any atom is -0.748 e. The lowest BCUT2D eigenvalue weighted by Gasteiger charge is -2.52. The Hall–Kier alpha value is -5.33. The summed E-state index contributed by atoms with van der Waals surface area (Å²) in [6.07, 6.45) is 7.61. The average molecular weight is 934 g/mol. The number of carbonyl (C=O) groups excluding carboxylic acids is 2. The van der Waals surface area contributed by atoms with Gasteiger partial charge in [-0.3, -0.25) is 9.59 Å². The number of hydrogen-bond acceptors (Lipinski definition) is 9. The molecule has 2 fully saturated rings. The Bertz CT molecular complexity index is 2890. The minimum absolute atomic E-state index is 0.0192. The van der Waals surface area contributed by atoms with E-state index >= 15 is 0 Å². The van der Waals surface area contributed by atoms with E-state index in [0.717, 1.165) is 48.4 Å². The van der Waals surface area contributed by atoms with Crippen molar-refractivity contribution in [2.24, 2.45) is 17.3 Å². The predicted molar refractivity (Wildman–Crippen MR) is 252 cm³/mol. The summed E-state index contributed by atoms with van der Waals surface area (Å²) in [5, 5.41) is 25.9. The van der Waals surface area contributed by atoms with E-state index in [1.807, 2.05) is 17.6 Å². The van der Waals surface area contributed by atoms with Crippen LogP contribution in [0.1, 0.15) is 111 Å². The summed E-state index contributed by atoms with van der Waals surface area (Å²) in [5.74, 6) is 6.66. The highest BCUT2D eigenvalue weighted by molar-refractivity contribution is 7.89. The maximum absolute atomic E-state index is 14.9. The maximum Gasteiger partial charge on any atom is 0.269 e. The molecular formula is C52H59N3O9S2. The number of phenols is 1. The van der Waals surface area contributed by atoms with E-state index in [1.165, 1.54) is 23.3 Å². The zero-order valence-electron chi connectivity index (χ0n) is 37.7. The summed E-state index contributed by atoms with van der Waals surface area (Å²) >= 11 is 0. The first-order valence-electron chi connectivity index (χ1n) is 23.2. The molecule has 348 valence electrons. The number of nitrogens with zero attached hydrogens (tertiary/aromatic N) is 2. The predicted octanol–water partition coefficient (Wildman–Crippen LogP) is 7.42. The van der Waals surface area contributed by atoms with Crippen molar-refractivity contribution in [2.45, 2.75) is 114 Å². The number of aromatic nitrogens is 1. The molecule has 3 N–H and O–H groups in total. The van der Waals surface area contributed by atoms with Gasteiger partial charge < -0.3 is 20.1 Å². The molecular weight excluding hydrogens is 875 g/mol. The van der Waals surface area contributed by atoms with Gasteiger partial charge in [0.15, 0.2) is 6.54 Å². The van der Waals surface area contributed by atoms with Crippen molar-refractivity contribution in [3.63, 3.8) is 0 Å². The van der Waals surface area contributed by atoms with Gasteiger partial charge in [-0.2, -0.15) is 4.57 Å². The van der Waals surface area contributed by atoms with Crippen LogP contribution in [-0.2, 0) is 37.9 Å². The van der Waals surface area contributed by atoms with Crippen molar-refractivity contribution in [3.8, 4) is 17.6 Å². The van der Waals surface area contributed by atoms with Crippen LogP contribution in [0.3, 0.4) is 0 Å². The second-order valence-electron chi connectivity index (χ2n) is 18.7. The maximum atomic E-state index is 14.9. The van der Waals surface area contributed by atoms with Crippen LogP contribution in [-0.4, -0.2) is 72.2 Å². The summed E-state index contributed by atoms with van der Waals surface area (Å²) < 4.78 is 65.8. The minimum atomic E-state index is -4.46. The molecule has 12 nitrogen and oxygen atoms in total. The van der Waals surface area contributed by atoms with E-state index in [0.29, 0.717) is 71.1 Å². The third-order valence-corrected chi connectivity index (χ3v) is 17.3. The van der Waals surface area contributed by atoms with Crippen molar-refractivity contribution in [1.29, 1.82) is 0 Å². The third-order valence-electron chi connectivity index (χ3n) is 14.7. The van der Waals surface area contributed by atoms with E-state index < -0.39 is 37.4 Å². The first-order valence-corrected chi connectivity index (χ1v) is 26.2. The summed E-state index contributed by atoms with van der Waals surface area (Å²) in [4.78, 5) is 27.9. The molecule has 5 aromatic rings. The Balaban J connectivity index is 0.898. The number of hydrogen-bond donors (Lipinski definition) is 3. The van der Waals surface area contributed by atoms with Gasteiger partial charge in [0.05, 0.1) is 31.3 Å². The molecule has 2 saturated carbocycles. The zero-order valence-corrected chi connectivity index (χ0v) is 39.3. The van der Waals surface area contributed by atoms with Crippen molar-refractivity contribution >= 4 is 53.8 Å². The Labute approximate surface area is 388 Å². The van der Waals surface area contributed by atoms with Gasteiger partial charge in [0.1, 0.15) is 11.4 Å². The summed E-state index contributed by atoms with van der Waals surface area (Å²) in [6.45, 7) is 4.36. The fraction of sp³-hybridized carbons (Fsp3) is 0.442. The molecule has 0 radical (unpaired) electrons. The van der Waals surface area contributed by atoms with Crippen LogP contribution in [0.2, 0.25) is 0 Å². The Morgan fingerprint density at radius 3 is 2.27 bits per heavy atom. The number of unbranched alkanes of at least 4 members (excludes halogenated alkanes) is 2. The number of rotatable bonds is 15. The van der Waals surface area contributed by atoms with Crippen LogP contribution in [0.4, 0.5) is 0 Å². The number of fused-ring (bicyclic) bond motifs is 7. The Morgan fingerprint density at radius 1 is 0.879 bits per heavy atom. The van der Waals surface area contributed by atoms with E-state index in [4.69, 9.17) is 0 Å². The standard InChI is InChI=1S/C52H59N3O9S2/c1-36-18-22-39(23-19-36)66(63,64)55(50(58)49-43-13-5-7-15-46(43)54(32-12-34-65(60,61)62)47-16-8-6-14-44(47)49)33-11-17-48(57)53-31-10-4-3-9-28-52(59)30-27-45-42-24-20-37-35-38(56)21-25-40(37)41(42)26-29-51(45,52)2/h5-8,13-16,18-19,21-23,25,35,41-42,45,59H,3-4,10-12,17,20,24,26-27,29-34H2,1-2H3,(H2-,53,56,57,60,61,62)/t41-,42-,45+,51+,52+/m1/s1. The van der Waals surface area contributed by atoms with Gasteiger partial charge >= 0.3 is 0 Å². The lowest BCUT2D eigenvalue weighted by Crippen LogP contribution is -2.50. The molecule has 66 heavy (non-hydrogen) atoms. The molecule has 0 saturated heterocycles. The summed E-state index contributed by atoms with van der Waals surface area (Å²) in [5.41, 5.74) is 3.42. The number of amides is 2. The molecule has 0 aliphatic heterocycles. The molecule has 1 heterocycles. The highest BCUT2D eigenvalue weighted by Gasteiger charge is 2.61. The van der Waals surface area contributed by atoms with E-state index in [-0.39, 0.29) is 54.1 Å². The number of aromatic hydroxyl groups is 1. The van der Waals surface area contributed by atoms with Crippen LogP contribution < -0.4 is 9.88 Å². The average Bonchev–Trinajstić information content (AvgIpc) is 3.56. The second kappa shape index (κ2) is 19.1. The lowest BCUT2D eigenvalue weighted by atomic mass is 9.53. The lowest BCUT2D eigenvalue weighted by molar-refractivity contribution is -0.645. The Kier molecular flexibility index (Phi) is 13.7. The number of benzene rings is 4. The molecule has 4 aromatic carbocycles. The summed E-state index contributed by atoms with van der Waals surface area (Å²) in [6, 6.07) is 26.0. The fourth-order valence-corrected chi connectivity index (χ4v) is 13.2. The molecule has 0 unspecified atom stereocenters. The number of aliphatic hydroxyl groups is 1. The molecule has 3 aliphatic carbocycles. The van der Waals surface area contributed by atoms with Crippen LogP contribution in [0, 0.1) is 36.0 Å². The quantitative estimate of drug-likeness (QED) is 0.0316. The van der Waals surface area contributed by atoms with Crippen LogP contribution >= 0.6 is 0 Å².